The third kappa shape index (κ3) is 3.80. The van der Waals surface area contributed by atoms with Gasteiger partial charge in [0.1, 0.15) is 17.8 Å². The summed E-state index contributed by atoms with van der Waals surface area (Å²) in [6.07, 6.45) is 2.19. The average Bonchev–Trinajstić information content (AvgIpc) is 3.00. The van der Waals surface area contributed by atoms with E-state index >= 15 is 0 Å². The van der Waals surface area contributed by atoms with Crippen LogP contribution < -0.4 is 9.46 Å². The fourth-order valence-corrected chi connectivity index (χ4v) is 2.91. The second-order valence-electron chi connectivity index (χ2n) is 5.17. The molecular formula is C13H19N5O3S. The fraction of sp³-hybridized carbons (Fsp3) is 0.462. The van der Waals surface area contributed by atoms with Gasteiger partial charge in [-0.05, 0) is 34.9 Å². The molecule has 2 aromatic rings. The lowest BCUT2D eigenvalue weighted by atomic mass is 10.1. The molecule has 0 fully saturated rings. The van der Waals surface area contributed by atoms with E-state index in [9.17, 15) is 8.42 Å². The molecule has 2 rings (SSSR count). The Hall–Kier alpha value is -2.00. The first-order chi connectivity index (χ1) is 10.4. The van der Waals surface area contributed by atoms with Gasteiger partial charge in [0.05, 0.1) is 12.0 Å². The number of tetrazole rings is 1. The number of hydrogen-bond acceptors (Lipinski definition) is 6. The van der Waals surface area contributed by atoms with Gasteiger partial charge >= 0.3 is 0 Å². The lowest BCUT2D eigenvalue weighted by Crippen LogP contribution is -2.25. The van der Waals surface area contributed by atoms with Crippen molar-refractivity contribution in [1.82, 2.24) is 24.9 Å². The number of nitrogens with zero attached hydrogens (tertiary/aromatic N) is 4. The van der Waals surface area contributed by atoms with E-state index in [1.165, 1.54) is 30.3 Å². The quantitative estimate of drug-likeness (QED) is 0.815. The summed E-state index contributed by atoms with van der Waals surface area (Å²) in [5.74, 6) is 0.804. The number of rotatable bonds is 7. The molecule has 9 heteroatoms. The van der Waals surface area contributed by atoms with Crippen molar-refractivity contribution in [3.63, 3.8) is 0 Å². The molecule has 0 atom stereocenters. The Morgan fingerprint density at radius 1 is 1.36 bits per heavy atom. The van der Waals surface area contributed by atoms with Gasteiger partial charge in [-0.25, -0.2) is 13.1 Å². The molecule has 0 amide bonds. The Labute approximate surface area is 129 Å². The highest BCUT2D eigenvalue weighted by Gasteiger charge is 2.17. The summed E-state index contributed by atoms with van der Waals surface area (Å²) >= 11 is 0. The molecule has 0 radical (unpaired) electrons. The molecule has 22 heavy (non-hydrogen) atoms. The maximum Gasteiger partial charge on any atom is 0.240 e. The normalized spacial score (nSPS) is 11.8. The monoisotopic (exact) mass is 325 g/mol. The number of ether oxygens (including phenoxy) is 1. The Bertz CT molecular complexity index is 713. The van der Waals surface area contributed by atoms with E-state index in [4.69, 9.17) is 4.74 Å². The van der Waals surface area contributed by atoms with Gasteiger partial charge in [-0.2, -0.15) is 4.68 Å². The van der Waals surface area contributed by atoms with Crippen molar-refractivity contribution in [2.45, 2.75) is 25.2 Å². The van der Waals surface area contributed by atoms with Crippen LogP contribution in [0.4, 0.5) is 0 Å². The Kier molecular flexibility index (Phi) is 5.09. The van der Waals surface area contributed by atoms with Crippen LogP contribution in [0.1, 0.15) is 20.3 Å². The molecular weight excluding hydrogens is 306 g/mol. The molecule has 0 saturated carbocycles. The van der Waals surface area contributed by atoms with Crippen LogP contribution >= 0.6 is 0 Å². The first-order valence-electron chi connectivity index (χ1n) is 6.85. The summed E-state index contributed by atoms with van der Waals surface area (Å²) in [6, 6.07) is 4.55. The van der Waals surface area contributed by atoms with Gasteiger partial charge in [-0.15, -0.1) is 5.10 Å². The predicted octanol–water partition coefficient (Wildman–Crippen LogP) is 0.995. The second-order valence-corrected chi connectivity index (χ2v) is 6.94. The summed E-state index contributed by atoms with van der Waals surface area (Å²) < 4.78 is 33.8. The zero-order chi connectivity index (χ0) is 16.2. The zero-order valence-corrected chi connectivity index (χ0v) is 13.5. The molecule has 0 unspecified atom stereocenters. The van der Waals surface area contributed by atoms with Gasteiger partial charge in [0.25, 0.3) is 0 Å². The largest absolute Gasteiger partial charge is 0.494 e. The first-order valence-corrected chi connectivity index (χ1v) is 8.33. The molecule has 1 aromatic heterocycles. The topological polar surface area (TPSA) is 99.0 Å². The third-order valence-electron chi connectivity index (χ3n) is 3.07. The molecule has 0 bridgehead atoms. The fourth-order valence-electron chi connectivity index (χ4n) is 1.85. The van der Waals surface area contributed by atoms with Gasteiger partial charge < -0.3 is 4.74 Å². The highest BCUT2D eigenvalue weighted by Crippen LogP contribution is 2.25. The van der Waals surface area contributed by atoms with Crippen LogP contribution in [0.3, 0.4) is 0 Å². The highest BCUT2D eigenvalue weighted by molar-refractivity contribution is 7.89. The van der Waals surface area contributed by atoms with Crippen LogP contribution in [-0.4, -0.2) is 42.3 Å². The maximum atomic E-state index is 12.3. The Morgan fingerprint density at radius 2 is 2.14 bits per heavy atom. The van der Waals surface area contributed by atoms with Crippen molar-refractivity contribution < 1.29 is 13.2 Å². The minimum atomic E-state index is -3.57. The van der Waals surface area contributed by atoms with Gasteiger partial charge in [0.15, 0.2) is 0 Å². The van der Waals surface area contributed by atoms with E-state index in [1.54, 1.807) is 6.07 Å². The van der Waals surface area contributed by atoms with Gasteiger partial charge in [-0.3, -0.25) is 0 Å². The zero-order valence-electron chi connectivity index (χ0n) is 12.7. The number of sulfonamides is 1. The van der Waals surface area contributed by atoms with E-state index in [2.05, 4.69) is 20.2 Å². The summed E-state index contributed by atoms with van der Waals surface area (Å²) in [4.78, 5) is 0.143. The average molecular weight is 325 g/mol. The van der Waals surface area contributed by atoms with Crippen LogP contribution in [0.5, 0.6) is 5.75 Å². The molecule has 1 aromatic carbocycles. The van der Waals surface area contributed by atoms with E-state index < -0.39 is 10.0 Å². The smallest absolute Gasteiger partial charge is 0.240 e. The summed E-state index contributed by atoms with van der Waals surface area (Å²) in [7, 11) is -2.10. The number of nitrogens with one attached hydrogen (secondary N) is 1. The van der Waals surface area contributed by atoms with Gasteiger partial charge in [0.2, 0.25) is 10.0 Å². The third-order valence-corrected chi connectivity index (χ3v) is 4.53. The maximum absolute atomic E-state index is 12.3. The minimum absolute atomic E-state index is 0.143. The Balaban J connectivity index is 2.25. The molecule has 1 heterocycles. The van der Waals surface area contributed by atoms with Crippen molar-refractivity contribution in [1.29, 1.82) is 0 Å². The predicted molar refractivity (Wildman–Crippen MR) is 80.3 cm³/mol. The molecule has 0 aliphatic carbocycles. The molecule has 120 valence electrons. The lowest BCUT2D eigenvalue weighted by Gasteiger charge is -2.11. The van der Waals surface area contributed by atoms with Crippen molar-refractivity contribution in [3.05, 3.63) is 24.5 Å². The molecule has 1 N–H and O–H groups in total. The van der Waals surface area contributed by atoms with Gasteiger partial charge in [-0.1, -0.05) is 13.8 Å². The van der Waals surface area contributed by atoms with Crippen LogP contribution in [0.2, 0.25) is 0 Å². The van der Waals surface area contributed by atoms with Gasteiger partial charge in [0, 0.05) is 12.6 Å². The molecule has 0 aliphatic heterocycles. The minimum Gasteiger partial charge on any atom is -0.494 e. The van der Waals surface area contributed by atoms with E-state index in [-0.39, 0.29) is 4.90 Å². The summed E-state index contributed by atoms with van der Waals surface area (Å²) in [5, 5.41) is 10.9. The second kappa shape index (κ2) is 6.84. The van der Waals surface area contributed by atoms with E-state index in [1.807, 2.05) is 13.8 Å². The SMILES string of the molecule is COc1cc(S(=O)(=O)NCCC(C)C)ccc1-n1cnnn1. The van der Waals surface area contributed by atoms with Crippen LogP contribution in [0.15, 0.2) is 29.4 Å². The van der Waals surface area contributed by atoms with E-state index in [0.717, 1.165) is 6.42 Å². The Morgan fingerprint density at radius 3 is 2.73 bits per heavy atom. The van der Waals surface area contributed by atoms with Crippen molar-refractivity contribution in [2.75, 3.05) is 13.7 Å². The van der Waals surface area contributed by atoms with Crippen LogP contribution in [0, 0.1) is 5.92 Å². The summed E-state index contributed by atoms with van der Waals surface area (Å²) in [5.41, 5.74) is 0.564. The highest BCUT2D eigenvalue weighted by atomic mass is 32.2. The van der Waals surface area contributed by atoms with Crippen molar-refractivity contribution in [3.8, 4) is 11.4 Å². The van der Waals surface area contributed by atoms with Crippen molar-refractivity contribution in [2.24, 2.45) is 5.92 Å². The molecule has 0 spiro atoms. The standard InChI is InChI=1S/C13H19N5O3S/c1-10(2)6-7-15-22(19,20)11-4-5-12(13(8-11)21-3)18-9-14-16-17-18/h4-5,8-10,15H,6-7H2,1-3H3. The van der Waals surface area contributed by atoms with Crippen LogP contribution in [-0.2, 0) is 10.0 Å². The number of hydrogen-bond donors (Lipinski definition) is 1. The number of aromatic nitrogens is 4. The summed E-state index contributed by atoms with van der Waals surface area (Å²) in [6.45, 7) is 4.48. The number of benzene rings is 1. The molecule has 0 saturated heterocycles. The van der Waals surface area contributed by atoms with Crippen LogP contribution in [0.25, 0.3) is 5.69 Å². The first kappa shape index (κ1) is 16.4. The molecule has 0 aliphatic rings. The number of methoxy groups -OCH3 is 1. The van der Waals surface area contributed by atoms with E-state index in [0.29, 0.717) is 23.9 Å². The lowest BCUT2D eigenvalue weighted by molar-refractivity contribution is 0.410. The molecule has 8 nitrogen and oxygen atoms in total. The van der Waals surface area contributed by atoms with Crippen molar-refractivity contribution >= 4 is 10.0 Å².